The van der Waals surface area contributed by atoms with Crippen molar-refractivity contribution >= 4 is 0 Å². The second kappa shape index (κ2) is 5.36. The Morgan fingerprint density at radius 1 is 1.25 bits per heavy atom. The fourth-order valence-corrected chi connectivity index (χ4v) is 1.75. The number of aliphatic hydroxyl groups excluding tert-OH is 1. The highest BCUT2D eigenvalue weighted by atomic mass is 16.3. The fraction of sp³-hybridized carbons (Fsp3) is 0.818. The van der Waals surface area contributed by atoms with Crippen LogP contribution >= 0.6 is 0 Å². The quantitative estimate of drug-likeness (QED) is 0.642. The van der Waals surface area contributed by atoms with Crippen molar-refractivity contribution in [1.29, 1.82) is 0 Å². The zero-order valence-corrected chi connectivity index (χ0v) is 8.00. The number of allylic oxidation sites excluding steroid dienone is 2. The molecule has 0 unspecified atom stereocenters. The van der Waals surface area contributed by atoms with Crippen molar-refractivity contribution in [3.05, 3.63) is 12.2 Å². The summed E-state index contributed by atoms with van der Waals surface area (Å²) in [6.07, 6.45) is 11.4. The van der Waals surface area contributed by atoms with Crippen LogP contribution in [-0.4, -0.2) is 11.2 Å². The molecule has 1 heteroatoms. The highest BCUT2D eigenvalue weighted by Crippen LogP contribution is 2.25. The van der Waals surface area contributed by atoms with Gasteiger partial charge in [-0.25, -0.2) is 0 Å². The van der Waals surface area contributed by atoms with Gasteiger partial charge in [-0.3, -0.25) is 0 Å². The van der Waals surface area contributed by atoms with Crippen LogP contribution in [0.5, 0.6) is 0 Å². The Bertz CT molecular complexity index is 132. The summed E-state index contributed by atoms with van der Waals surface area (Å²) < 4.78 is 0. The minimum absolute atomic E-state index is 0.0131. The highest BCUT2D eigenvalue weighted by molar-refractivity contribution is 4.90. The second-order valence-corrected chi connectivity index (χ2v) is 3.79. The molecule has 0 aromatic carbocycles. The Labute approximate surface area is 75.5 Å². The maximum Gasteiger partial charge on any atom is 0.0540 e. The first-order valence-electron chi connectivity index (χ1n) is 5.17. The molecule has 12 heavy (non-hydrogen) atoms. The molecule has 0 radical (unpaired) electrons. The van der Waals surface area contributed by atoms with Gasteiger partial charge in [-0.2, -0.15) is 0 Å². The summed E-state index contributed by atoms with van der Waals surface area (Å²) in [5.41, 5.74) is 0. The van der Waals surface area contributed by atoms with Crippen LogP contribution in [0.25, 0.3) is 0 Å². The van der Waals surface area contributed by atoms with Crippen LogP contribution in [0.1, 0.15) is 45.4 Å². The van der Waals surface area contributed by atoms with Gasteiger partial charge in [-0.15, -0.1) is 0 Å². The molecular weight excluding hydrogens is 148 g/mol. The topological polar surface area (TPSA) is 20.2 Å². The molecule has 0 saturated heterocycles. The van der Waals surface area contributed by atoms with Crippen molar-refractivity contribution in [2.75, 3.05) is 0 Å². The van der Waals surface area contributed by atoms with Gasteiger partial charge in [0.25, 0.3) is 0 Å². The van der Waals surface area contributed by atoms with Gasteiger partial charge in [-0.05, 0) is 38.0 Å². The average Bonchev–Trinajstić information content (AvgIpc) is 2.09. The number of hydrogen-bond donors (Lipinski definition) is 1. The maximum atomic E-state index is 9.27. The molecule has 0 aromatic heterocycles. The summed E-state index contributed by atoms with van der Waals surface area (Å²) in [5, 5.41) is 9.27. The van der Waals surface area contributed by atoms with E-state index in [-0.39, 0.29) is 6.10 Å². The molecule has 1 rings (SSSR count). The van der Waals surface area contributed by atoms with Crippen LogP contribution < -0.4 is 0 Å². The predicted octanol–water partition coefficient (Wildman–Crippen LogP) is 2.89. The maximum absolute atomic E-state index is 9.27. The largest absolute Gasteiger partial charge is 0.393 e. The van der Waals surface area contributed by atoms with Crippen LogP contribution in [0.15, 0.2) is 12.2 Å². The first-order valence-corrected chi connectivity index (χ1v) is 5.17. The van der Waals surface area contributed by atoms with E-state index >= 15 is 0 Å². The molecule has 0 bridgehead atoms. The van der Waals surface area contributed by atoms with Crippen molar-refractivity contribution in [3.8, 4) is 0 Å². The lowest BCUT2D eigenvalue weighted by Crippen LogP contribution is -2.16. The molecule has 0 amide bonds. The highest BCUT2D eigenvalue weighted by Gasteiger charge is 2.16. The molecule has 1 aliphatic carbocycles. The van der Waals surface area contributed by atoms with Crippen molar-refractivity contribution < 1.29 is 5.11 Å². The van der Waals surface area contributed by atoms with Crippen LogP contribution in [0.4, 0.5) is 0 Å². The summed E-state index contributed by atoms with van der Waals surface area (Å²) in [5.74, 6) is 0.750. The van der Waals surface area contributed by atoms with E-state index in [1.54, 1.807) is 0 Å². The number of aliphatic hydroxyl groups is 1. The normalized spacial score (nSPS) is 31.2. The number of hydrogen-bond acceptors (Lipinski definition) is 1. The minimum atomic E-state index is -0.0131. The van der Waals surface area contributed by atoms with E-state index in [1.807, 2.05) is 0 Å². The molecular formula is C11H20O. The molecule has 1 nitrogen and oxygen atoms in total. The van der Waals surface area contributed by atoms with E-state index in [4.69, 9.17) is 0 Å². The summed E-state index contributed by atoms with van der Waals surface area (Å²) in [6, 6.07) is 0. The zero-order valence-electron chi connectivity index (χ0n) is 8.00. The van der Waals surface area contributed by atoms with E-state index in [2.05, 4.69) is 19.1 Å². The molecule has 1 N–H and O–H groups in total. The fourth-order valence-electron chi connectivity index (χ4n) is 1.75. The lowest BCUT2D eigenvalue weighted by Gasteiger charge is -2.22. The molecule has 70 valence electrons. The van der Waals surface area contributed by atoms with E-state index in [9.17, 15) is 5.11 Å². The Balaban J connectivity index is 2.17. The summed E-state index contributed by atoms with van der Waals surface area (Å²) >= 11 is 0. The van der Waals surface area contributed by atoms with E-state index in [0.717, 1.165) is 18.8 Å². The first-order chi connectivity index (χ1) is 5.83. The zero-order chi connectivity index (χ0) is 8.81. The van der Waals surface area contributed by atoms with Gasteiger partial charge >= 0.3 is 0 Å². The molecule has 0 aliphatic heterocycles. The van der Waals surface area contributed by atoms with Gasteiger partial charge in [0.15, 0.2) is 0 Å². The third-order valence-electron chi connectivity index (χ3n) is 2.60. The first kappa shape index (κ1) is 9.79. The van der Waals surface area contributed by atoms with Gasteiger partial charge in [-0.1, -0.05) is 25.5 Å². The Morgan fingerprint density at radius 3 is 2.50 bits per heavy atom. The van der Waals surface area contributed by atoms with E-state index in [1.165, 1.54) is 25.7 Å². The minimum Gasteiger partial charge on any atom is -0.393 e. The molecule has 0 atom stereocenters. The average molecular weight is 168 g/mol. The van der Waals surface area contributed by atoms with E-state index in [0.29, 0.717) is 0 Å². The van der Waals surface area contributed by atoms with Gasteiger partial charge in [0.1, 0.15) is 0 Å². The van der Waals surface area contributed by atoms with Crippen LogP contribution in [0.3, 0.4) is 0 Å². The lowest BCUT2D eigenvalue weighted by molar-refractivity contribution is 0.118. The van der Waals surface area contributed by atoms with Crippen molar-refractivity contribution in [2.45, 2.75) is 51.6 Å². The van der Waals surface area contributed by atoms with Gasteiger partial charge in [0, 0.05) is 0 Å². The Kier molecular flexibility index (Phi) is 4.37. The molecule has 1 fully saturated rings. The van der Waals surface area contributed by atoms with Crippen LogP contribution in [0, 0.1) is 5.92 Å². The Hall–Kier alpha value is -0.300. The summed E-state index contributed by atoms with van der Waals surface area (Å²) in [6.45, 7) is 2.20. The monoisotopic (exact) mass is 168 g/mol. The molecule has 1 saturated carbocycles. The summed E-state index contributed by atoms with van der Waals surface area (Å²) in [7, 11) is 0. The third kappa shape index (κ3) is 3.40. The van der Waals surface area contributed by atoms with Crippen LogP contribution in [0.2, 0.25) is 0 Å². The SMILES string of the molecule is CCC/C=C/[C@H]1CC[C@H](O)CC1. The van der Waals surface area contributed by atoms with Gasteiger partial charge in [0.05, 0.1) is 6.10 Å². The number of rotatable bonds is 3. The van der Waals surface area contributed by atoms with Crippen molar-refractivity contribution in [2.24, 2.45) is 5.92 Å². The van der Waals surface area contributed by atoms with Crippen molar-refractivity contribution in [3.63, 3.8) is 0 Å². The van der Waals surface area contributed by atoms with Crippen molar-refractivity contribution in [1.82, 2.24) is 0 Å². The second-order valence-electron chi connectivity index (χ2n) is 3.79. The van der Waals surface area contributed by atoms with Gasteiger partial charge in [0.2, 0.25) is 0 Å². The molecule has 0 heterocycles. The van der Waals surface area contributed by atoms with E-state index < -0.39 is 0 Å². The smallest absolute Gasteiger partial charge is 0.0540 e. The Morgan fingerprint density at radius 2 is 1.92 bits per heavy atom. The third-order valence-corrected chi connectivity index (χ3v) is 2.60. The van der Waals surface area contributed by atoms with Crippen LogP contribution in [-0.2, 0) is 0 Å². The standard InChI is InChI=1S/C11H20O/c1-2-3-4-5-10-6-8-11(12)9-7-10/h4-5,10-12H,2-3,6-9H2,1H3/b5-4+/t10-,11-. The summed E-state index contributed by atoms with van der Waals surface area (Å²) in [4.78, 5) is 0. The predicted molar refractivity (Wildman–Crippen MR) is 52.0 cm³/mol. The molecule has 0 aromatic rings. The van der Waals surface area contributed by atoms with Gasteiger partial charge < -0.3 is 5.11 Å². The molecule has 1 aliphatic rings. The molecule has 0 spiro atoms. The lowest BCUT2D eigenvalue weighted by atomic mass is 9.87. The number of unbranched alkanes of at least 4 members (excludes halogenated alkanes) is 1.